The summed E-state index contributed by atoms with van der Waals surface area (Å²) in [4.78, 5) is 0. The van der Waals surface area contributed by atoms with Crippen molar-refractivity contribution in [1.82, 2.24) is 9.78 Å². The van der Waals surface area contributed by atoms with Gasteiger partial charge in [-0.2, -0.15) is 18.7 Å². The Labute approximate surface area is 70.2 Å². The summed E-state index contributed by atoms with van der Waals surface area (Å²) in [5, 5.41) is 8.42. The Morgan fingerprint density at radius 1 is 1.75 bits per heavy atom. The van der Waals surface area contributed by atoms with E-state index in [1.807, 2.05) is 6.92 Å². The second kappa shape index (κ2) is 3.11. The molecule has 0 radical (unpaired) electrons. The lowest BCUT2D eigenvalue weighted by atomic mass is 10.6. The monoisotopic (exact) mass is 191 g/mol. The van der Waals surface area contributed by atoms with Gasteiger partial charge in [-0.1, -0.05) is 0 Å². The third-order valence-corrected chi connectivity index (χ3v) is 1.57. The summed E-state index contributed by atoms with van der Waals surface area (Å²) >= 11 is 0. The van der Waals surface area contributed by atoms with E-state index in [1.54, 1.807) is 0 Å². The van der Waals surface area contributed by atoms with E-state index in [2.05, 4.69) is 14.4 Å². The summed E-state index contributed by atoms with van der Waals surface area (Å²) in [7, 11) is -3.93. The predicted octanol–water partition coefficient (Wildman–Crippen LogP) is -0.515. The average Bonchev–Trinajstić information content (AvgIpc) is 2.32. The SMILES string of the molecule is CCn1cc(OS(N)(=O)=O)cn1. The van der Waals surface area contributed by atoms with Gasteiger partial charge in [-0.05, 0) is 6.92 Å². The lowest BCUT2D eigenvalue weighted by Crippen LogP contribution is -2.18. The van der Waals surface area contributed by atoms with Crippen molar-refractivity contribution in [3.05, 3.63) is 12.4 Å². The number of nitrogens with two attached hydrogens (primary N) is 1. The maximum absolute atomic E-state index is 10.4. The summed E-state index contributed by atoms with van der Waals surface area (Å²) in [6, 6.07) is 0. The van der Waals surface area contributed by atoms with E-state index in [-0.39, 0.29) is 5.75 Å². The average molecular weight is 191 g/mol. The molecule has 0 bridgehead atoms. The molecule has 1 rings (SSSR count). The van der Waals surface area contributed by atoms with Gasteiger partial charge in [-0.15, -0.1) is 0 Å². The second-order valence-corrected chi connectivity index (χ2v) is 3.26. The maximum Gasteiger partial charge on any atom is 0.380 e. The highest BCUT2D eigenvalue weighted by Crippen LogP contribution is 2.08. The molecule has 0 saturated heterocycles. The Kier molecular flexibility index (Phi) is 2.34. The largest absolute Gasteiger partial charge is 0.380 e. The highest BCUT2D eigenvalue weighted by molar-refractivity contribution is 7.84. The molecule has 7 heteroatoms. The molecule has 0 saturated carbocycles. The molecule has 1 heterocycles. The van der Waals surface area contributed by atoms with Gasteiger partial charge in [0, 0.05) is 6.54 Å². The van der Waals surface area contributed by atoms with Crippen LogP contribution < -0.4 is 9.32 Å². The topological polar surface area (TPSA) is 87.2 Å². The van der Waals surface area contributed by atoms with E-state index in [0.29, 0.717) is 6.54 Å². The summed E-state index contributed by atoms with van der Waals surface area (Å²) in [5.41, 5.74) is 0. The number of rotatable bonds is 3. The van der Waals surface area contributed by atoms with Gasteiger partial charge in [0.05, 0.1) is 12.4 Å². The van der Waals surface area contributed by atoms with Gasteiger partial charge in [0.25, 0.3) is 0 Å². The van der Waals surface area contributed by atoms with E-state index in [1.165, 1.54) is 17.1 Å². The van der Waals surface area contributed by atoms with E-state index >= 15 is 0 Å². The summed E-state index contributed by atoms with van der Waals surface area (Å²) in [6.07, 6.45) is 2.73. The quantitative estimate of drug-likeness (QED) is 0.696. The fraction of sp³-hybridized carbons (Fsp3) is 0.400. The second-order valence-electron chi connectivity index (χ2n) is 2.11. The number of nitrogens with zero attached hydrogens (tertiary/aromatic N) is 2. The molecule has 2 N–H and O–H groups in total. The van der Waals surface area contributed by atoms with Crippen molar-refractivity contribution in [1.29, 1.82) is 0 Å². The molecular weight excluding hydrogens is 182 g/mol. The van der Waals surface area contributed by atoms with Gasteiger partial charge in [-0.3, -0.25) is 4.68 Å². The smallest absolute Gasteiger partial charge is 0.368 e. The van der Waals surface area contributed by atoms with Gasteiger partial charge in [-0.25, -0.2) is 0 Å². The first kappa shape index (κ1) is 9.01. The first-order chi connectivity index (χ1) is 5.51. The summed E-state index contributed by atoms with van der Waals surface area (Å²) in [5.74, 6) is 0.124. The molecule has 0 aliphatic heterocycles. The molecule has 0 aromatic carbocycles. The Morgan fingerprint density at radius 3 is 2.83 bits per heavy atom. The van der Waals surface area contributed by atoms with Crippen LogP contribution in [0.1, 0.15) is 6.92 Å². The van der Waals surface area contributed by atoms with Crippen molar-refractivity contribution in [2.24, 2.45) is 5.14 Å². The van der Waals surface area contributed by atoms with E-state index in [0.717, 1.165) is 0 Å². The van der Waals surface area contributed by atoms with E-state index in [9.17, 15) is 8.42 Å². The number of hydrogen-bond donors (Lipinski definition) is 1. The standard InChI is InChI=1S/C5H9N3O3S/c1-2-8-4-5(3-7-8)11-12(6,9)10/h3-4H,2H2,1H3,(H2,6,9,10). The maximum atomic E-state index is 10.4. The first-order valence-electron chi connectivity index (χ1n) is 3.26. The molecule has 0 aliphatic carbocycles. The molecule has 1 aromatic heterocycles. The molecule has 0 fully saturated rings. The predicted molar refractivity (Wildman–Crippen MR) is 41.6 cm³/mol. The number of hydrogen-bond acceptors (Lipinski definition) is 4. The molecule has 12 heavy (non-hydrogen) atoms. The van der Waals surface area contributed by atoms with Crippen LogP contribution >= 0.6 is 0 Å². The van der Waals surface area contributed by atoms with Crippen molar-refractivity contribution in [2.45, 2.75) is 13.5 Å². The highest BCUT2D eigenvalue weighted by atomic mass is 32.2. The molecule has 0 amide bonds. The Morgan fingerprint density at radius 2 is 2.42 bits per heavy atom. The Hall–Kier alpha value is -1.08. The van der Waals surface area contributed by atoms with Crippen LogP contribution in [0, 0.1) is 0 Å². The minimum Gasteiger partial charge on any atom is -0.368 e. The molecule has 0 spiro atoms. The van der Waals surface area contributed by atoms with Crippen LogP contribution in [0.15, 0.2) is 12.4 Å². The van der Waals surface area contributed by atoms with Crippen molar-refractivity contribution >= 4 is 10.3 Å². The Balaban J connectivity index is 2.78. The molecule has 1 aromatic rings. The zero-order chi connectivity index (χ0) is 9.19. The Bertz CT molecular complexity index is 356. The molecule has 68 valence electrons. The fourth-order valence-corrected chi connectivity index (χ4v) is 1.05. The molecule has 0 atom stereocenters. The van der Waals surface area contributed by atoms with Gasteiger partial charge in [0.2, 0.25) is 0 Å². The third kappa shape index (κ3) is 2.51. The summed E-state index contributed by atoms with van der Waals surface area (Å²) < 4.78 is 26.7. The molecule has 0 aliphatic rings. The zero-order valence-electron chi connectivity index (χ0n) is 6.47. The van der Waals surface area contributed by atoms with Crippen molar-refractivity contribution in [3.63, 3.8) is 0 Å². The van der Waals surface area contributed by atoms with Gasteiger partial charge in [0.15, 0.2) is 5.75 Å². The minimum atomic E-state index is -3.93. The van der Waals surface area contributed by atoms with Crippen LogP contribution in [-0.4, -0.2) is 18.2 Å². The lowest BCUT2D eigenvalue weighted by molar-refractivity contribution is 0.487. The highest BCUT2D eigenvalue weighted by Gasteiger charge is 2.06. The van der Waals surface area contributed by atoms with Crippen LogP contribution in [0.25, 0.3) is 0 Å². The third-order valence-electron chi connectivity index (χ3n) is 1.15. The number of aromatic nitrogens is 2. The van der Waals surface area contributed by atoms with Gasteiger partial charge < -0.3 is 4.18 Å². The lowest BCUT2D eigenvalue weighted by Gasteiger charge is -1.96. The van der Waals surface area contributed by atoms with Crippen LogP contribution in [0.2, 0.25) is 0 Å². The van der Waals surface area contributed by atoms with Gasteiger partial charge >= 0.3 is 10.3 Å². The van der Waals surface area contributed by atoms with Crippen molar-refractivity contribution < 1.29 is 12.6 Å². The van der Waals surface area contributed by atoms with Gasteiger partial charge in [0.1, 0.15) is 0 Å². The van der Waals surface area contributed by atoms with Crippen LogP contribution in [0.3, 0.4) is 0 Å². The molecular formula is C5H9N3O3S. The van der Waals surface area contributed by atoms with E-state index in [4.69, 9.17) is 0 Å². The summed E-state index contributed by atoms with van der Waals surface area (Å²) in [6.45, 7) is 2.52. The van der Waals surface area contributed by atoms with Crippen LogP contribution in [0.5, 0.6) is 5.75 Å². The van der Waals surface area contributed by atoms with Crippen molar-refractivity contribution in [3.8, 4) is 5.75 Å². The fourth-order valence-electron chi connectivity index (χ4n) is 0.695. The number of aryl methyl sites for hydroxylation is 1. The van der Waals surface area contributed by atoms with Crippen LogP contribution in [0.4, 0.5) is 0 Å². The van der Waals surface area contributed by atoms with Crippen molar-refractivity contribution in [2.75, 3.05) is 0 Å². The van der Waals surface area contributed by atoms with Crippen LogP contribution in [-0.2, 0) is 16.8 Å². The van der Waals surface area contributed by atoms with E-state index < -0.39 is 10.3 Å². The molecule has 6 nitrogen and oxygen atoms in total. The minimum absolute atomic E-state index is 0.124. The normalized spacial score (nSPS) is 11.5. The zero-order valence-corrected chi connectivity index (χ0v) is 7.28. The molecule has 0 unspecified atom stereocenters. The first-order valence-corrected chi connectivity index (χ1v) is 4.73.